The molecule has 0 aliphatic heterocycles. The number of aromatic nitrogens is 3. The predicted molar refractivity (Wildman–Crippen MR) is 125 cm³/mol. The number of carbonyl (C=O) groups is 1. The number of hydrogen-bond donors (Lipinski definition) is 3. The molecule has 0 spiro atoms. The fraction of sp³-hybridized carbons (Fsp3) is 0.125. The molecule has 2 aromatic carbocycles. The van der Waals surface area contributed by atoms with Crippen molar-refractivity contribution in [3.05, 3.63) is 89.2 Å². The monoisotopic (exact) mass is 465 g/mol. The molecule has 168 valence electrons. The molecule has 9 heteroatoms. The molecule has 4 rings (SSSR count). The number of anilines is 1. The quantitative estimate of drug-likeness (QED) is 0.399. The summed E-state index contributed by atoms with van der Waals surface area (Å²) in [7, 11) is 1.86. The van der Waals surface area contributed by atoms with Crippen LogP contribution in [0, 0.1) is 5.82 Å². The first-order valence-electron chi connectivity index (χ1n) is 10.1. The SMILES string of the molecule is Cn1cncc1-c1cnc(N)c(-c2ccc(C(=O)NC(CO)c3cccc(Cl)c3)c(F)c2)c1. The van der Waals surface area contributed by atoms with Gasteiger partial charge in [0.15, 0.2) is 0 Å². The van der Waals surface area contributed by atoms with Gasteiger partial charge in [-0.2, -0.15) is 0 Å². The maximum Gasteiger partial charge on any atom is 0.254 e. The highest BCUT2D eigenvalue weighted by atomic mass is 35.5. The molecule has 0 aliphatic rings. The first-order valence-corrected chi connectivity index (χ1v) is 10.4. The van der Waals surface area contributed by atoms with Crippen LogP contribution < -0.4 is 11.1 Å². The van der Waals surface area contributed by atoms with E-state index in [1.807, 2.05) is 11.6 Å². The molecule has 0 saturated carbocycles. The average Bonchev–Trinajstić information content (AvgIpc) is 3.23. The Morgan fingerprint density at radius 2 is 2.03 bits per heavy atom. The van der Waals surface area contributed by atoms with Crippen LogP contribution in [0.15, 0.2) is 67.3 Å². The van der Waals surface area contributed by atoms with Crippen LogP contribution >= 0.6 is 11.6 Å². The van der Waals surface area contributed by atoms with Gasteiger partial charge in [0.05, 0.1) is 36.4 Å². The molecule has 0 fully saturated rings. The zero-order chi connectivity index (χ0) is 23.5. The van der Waals surface area contributed by atoms with E-state index in [0.29, 0.717) is 21.7 Å². The lowest BCUT2D eigenvalue weighted by Crippen LogP contribution is -2.31. The molecule has 4 N–H and O–H groups in total. The number of rotatable bonds is 6. The van der Waals surface area contributed by atoms with Crippen molar-refractivity contribution in [2.45, 2.75) is 6.04 Å². The number of nitrogens with one attached hydrogen (secondary N) is 1. The molecule has 0 bridgehead atoms. The Morgan fingerprint density at radius 1 is 1.21 bits per heavy atom. The molecule has 1 unspecified atom stereocenters. The molecule has 33 heavy (non-hydrogen) atoms. The number of aliphatic hydroxyl groups is 1. The van der Waals surface area contributed by atoms with Crippen molar-refractivity contribution in [2.75, 3.05) is 12.3 Å². The van der Waals surface area contributed by atoms with Crippen LogP contribution in [0.2, 0.25) is 5.02 Å². The van der Waals surface area contributed by atoms with Gasteiger partial charge in [-0.05, 0) is 41.5 Å². The standard InChI is InChI=1S/C24H21ClFN5O2/c1-31-13-28-11-22(31)16-8-19(23(27)29-10-16)14-5-6-18(20(26)9-14)24(33)30-21(12-32)15-3-2-4-17(25)7-15/h2-11,13,21,32H,12H2,1H3,(H2,27,29)(H,30,33). The predicted octanol–water partition coefficient (Wildman–Crippen LogP) is 3.99. The topological polar surface area (TPSA) is 106 Å². The highest BCUT2D eigenvalue weighted by molar-refractivity contribution is 6.30. The van der Waals surface area contributed by atoms with Gasteiger partial charge in [-0.15, -0.1) is 0 Å². The summed E-state index contributed by atoms with van der Waals surface area (Å²) in [6, 6.07) is 12.0. The zero-order valence-corrected chi connectivity index (χ0v) is 18.4. The lowest BCUT2D eigenvalue weighted by atomic mass is 10.0. The molecular weight excluding hydrogens is 445 g/mol. The van der Waals surface area contributed by atoms with E-state index in [0.717, 1.165) is 11.3 Å². The number of hydrogen-bond acceptors (Lipinski definition) is 5. The normalized spacial score (nSPS) is 11.9. The van der Waals surface area contributed by atoms with Crippen LogP contribution in [0.4, 0.5) is 10.2 Å². The number of pyridine rings is 1. The Kier molecular flexibility index (Phi) is 6.39. The Balaban J connectivity index is 1.61. The van der Waals surface area contributed by atoms with E-state index in [1.54, 1.807) is 55.1 Å². The Labute approximate surface area is 194 Å². The van der Waals surface area contributed by atoms with E-state index in [4.69, 9.17) is 17.3 Å². The molecule has 2 aromatic heterocycles. The van der Waals surface area contributed by atoms with Gasteiger partial charge in [0, 0.05) is 29.4 Å². The third-order valence-electron chi connectivity index (χ3n) is 5.29. The number of nitrogens with zero attached hydrogens (tertiary/aromatic N) is 3. The van der Waals surface area contributed by atoms with Gasteiger partial charge in [0.25, 0.3) is 5.91 Å². The van der Waals surface area contributed by atoms with Crippen molar-refractivity contribution in [1.29, 1.82) is 0 Å². The van der Waals surface area contributed by atoms with Crippen LogP contribution in [0.5, 0.6) is 0 Å². The van der Waals surface area contributed by atoms with Crippen molar-refractivity contribution in [1.82, 2.24) is 19.9 Å². The minimum absolute atomic E-state index is 0.159. The van der Waals surface area contributed by atoms with E-state index in [2.05, 4.69) is 15.3 Å². The number of carbonyl (C=O) groups excluding carboxylic acids is 1. The Morgan fingerprint density at radius 3 is 2.70 bits per heavy atom. The van der Waals surface area contributed by atoms with E-state index >= 15 is 0 Å². The first-order chi connectivity index (χ1) is 15.9. The third-order valence-corrected chi connectivity index (χ3v) is 5.53. The van der Waals surface area contributed by atoms with Gasteiger partial charge in [-0.3, -0.25) is 4.79 Å². The average molecular weight is 466 g/mol. The van der Waals surface area contributed by atoms with E-state index in [1.165, 1.54) is 12.1 Å². The van der Waals surface area contributed by atoms with Gasteiger partial charge in [-0.1, -0.05) is 29.8 Å². The fourth-order valence-corrected chi connectivity index (χ4v) is 3.74. The second kappa shape index (κ2) is 9.40. The van der Waals surface area contributed by atoms with Crippen LogP contribution in [-0.4, -0.2) is 32.2 Å². The Bertz CT molecular complexity index is 1320. The molecule has 1 amide bonds. The molecule has 0 saturated heterocycles. The van der Waals surface area contributed by atoms with Gasteiger partial charge in [0.2, 0.25) is 0 Å². The molecule has 0 radical (unpaired) electrons. The summed E-state index contributed by atoms with van der Waals surface area (Å²) in [5.41, 5.74) is 9.12. The number of aryl methyl sites for hydroxylation is 1. The summed E-state index contributed by atoms with van der Waals surface area (Å²) in [5, 5.41) is 12.8. The fourth-order valence-electron chi connectivity index (χ4n) is 3.54. The number of nitrogens with two attached hydrogens (primary N) is 1. The summed E-state index contributed by atoms with van der Waals surface area (Å²) >= 11 is 5.99. The highest BCUT2D eigenvalue weighted by Crippen LogP contribution is 2.30. The number of aliphatic hydroxyl groups excluding tert-OH is 1. The smallest absolute Gasteiger partial charge is 0.254 e. The minimum Gasteiger partial charge on any atom is -0.394 e. The van der Waals surface area contributed by atoms with Crippen LogP contribution in [0.3, 0.4) is 0 Å². The van der Waals surface area contributed by atoms with Gasteiger partial charge < -0.3 is 20.7 Å². The molecule has 1 atom stereocenters. The summed E-state index contributed by atoms with van der Waals surface area (Å²) < 4.78 is 16.8. The summed E-state index contributed by atoms with van der Waals surface area (Å²) in [6.07, 6.45) is 4.99. The highest BCUT2D eigenvalue weighted by Gasteiger charge is 2.19. The molecular formula is C24H21ClFN5O2. The van der Waals surface area contributed by atoms with Crippen molar-refractivity contribution < 1.29 is 14.3 Å². The van der Waals surface area contributed by atoms with Gasteiger partial charge >= 0.3 is 0 Å². The number of halogens is 2. The molecule has 7 nitrogen and oxygen atoms in total. The van der Waals surface area contributed by atoms with Crippen molar-refractivity contribution in [2.24, 2.45) is 7.05 Å². The lowest BCUT2D eigenvalue weighted by molar-refractivity contribution is 0.0912. The second-order valence-electron chi connectivity index (χ2n) is 7.50. The number of benzene rings is 2. The van der Waals surface area contributed by atoms with Crippen molar-refractivity contribution >= 4 is 23.3 Å². The summed E-state index contributed by atoms with van der Waals surface area (Å²) in [5.74, 6) is -1.15. The van der Waals surface area contributed by atoms with Crippen molar-refractivity contribution in [3.63, 3.8) is 0 Å². The lowest BCUT2D eigenvalue weighted by Gasteiger charge is -2.17. The summed E-state index contributed by atoms with van der Waals surface area (Å²) in [6.45, 7) is -0.366. The second-order valence-corrected chi connectivity index (χ2v) is 7.94. The van der Waals surface area contributed by atoms with Gasteiger partial charge in [0.1, 0.15) is 11.6 Å². The van der Waals surface area contributed by atoms with Crippen molar-refractivity contribution in [3.8, 4) is 22.4 Å². The van der Waals surface area contributed by atoms with E-state index in [9.17, 15) is 14.3 Å². The maximum absolute atomic E-state index is 15.0. The first kappa shape index (κ1) is 22.4. The van der Waals surface area contributed by atoms with E-state index in [-0.39, 0.29) is 18.0 Å². The number of nitrogen functional groups attached to an aromatic ring is 1. The number of imidazole rings is 1. The molecule has 0 aliphatic carbocycles. The summed E-state index contributed by atoms with van der Waals surface area (Å²) in [4.78, 5) is 21.0. The largest absolute Gasteiger partial charge is 0.394 e. The Hall–Kier alpha value is -3.75. The minimum atomic E-state index is -0.731. The van der Waals surface area contributed by atoms with Crippen LogP contribution in [0.25, 0.3) is 22.4 Å². The van der Waals surface area contributed by atoms with Crippen LogP contribution in [-0.2, 0) is 7.05 Å². The molecule has 4 aromatic rings. The maximum atomic E-state index is 15.0. The zero-order valence-electron chi connectivity index (χ0n) is 17.7. The third kappa shape index (κ3) is 4.72. The number of amides is 1. The van der Waals surface area contributed by atoms with E-state index < -0.39 is 17.8 Å². The van der Waals surface area contributed by atoms with Crippen LogP contribution in [0.1, 0.15) is 22.0 Å². The molecule has 2 heterocycles. The van der Waals surface area contributed by atoms with Gasteiger partial charge in [-0.25, -0.2) is 14.4 Å².